The highest BCUT2D eigenvalue weighted by atomic mass is 32.1. The molecule has 29 heavy (non-hydrogen) atoms. The number of urea groups is 1. The molecular formula is C21H34N4O3S. The zero-order valence-corrected chi connectivity index (χ0v) is 19.0. The van der Waals surface area contributed by atoms with Gasteiger partial charge in [-0.05, 0) is 64.8 Å². The van der Waals surface area contributed by atoms with Gasteiger partial charge in [-0.2, -0.15) is 0 Å². The fourth-order valence-electron chi connectivity index (χ4n) is 3.57. The van der Waals surface area contributed by atoms with E-state index in [2.05, 4.69) is 10.6 Å². The molecule has 1 aliphatic rings. The maximum absolute atomic E-state index is 13.1. The molecule has 0 unspecified atom stereocenters. The van der Waals surface area contributed by atoms with E-state index in [0.29, 0.717) is 43.9 Å². The van der Waals surface area contributed by atoms with Crippen LogP contribution in [0, 0.1) is 5.92 Å². The number of hydrogen-bond donors (Lipinski definition) is 2. The van der Waals surface area contributed by atoms with Gasteiger partial charge in [0.05, 0.1) is 4.88 Å². The fourth-order valence-corrected chi connectivity index (χ4v) is 4.20. The van der Waals surface area contributed by atoms with Gasteiger partial charge in [0.1, 0.15) is 6.04 Å². The van der Waals surface area contributed by atoms with Crippen LogP contribution in [0.15, 0.2) is 17.5 Å². The molecule has 162 valence electrons. The first kappa shape index (κ1) is 23.2. The lowest BCUT2D eigenvalue weighted by Gasteiger charge is -2.38. The van der Waals surface area contributed by atoms with Crippen molar-refractivity contribution in [1.29, 1.82) is 0 Å². The number of thiophene rings is 1. The third-order valence-electron chi connectivity index (χ3n) is 5.15. The molecule has 4 amide bonds. The van der Waals surface area contributed by atoms with Crippen LogP contribution in [0.2, 0.25) is 0 Å². The van der Waals surface area contributed by atoms with Crippen LogP contribution < -0.4 is 10.6 Å². The highest BCUT2D eigenvalue weighted by Gasteiger charge is 2.36. The van der Waals surface area contributed by atoms with Crippen molar-refractivity contribution < 1.29 is 14.4 Å². The quantitative estimate of drug-likeness (QED) is 0.740. The largest absolute Gasteiger partial charge is 0.341 e. The number of nitrogens with one attached hydrogen (secondary N) is 2. The molecule has 2 N–H and O–H groups in total. The highest BCUT2D eigenvalue weighted by molar-refractivity contribution is 7.12. The van der Waals surface area contributed by atoms with Gasteiger partial charge in [-0.15, -0.1) is 11.3 Å². The predicted octanol–water partition coefficient (Wildman–Crippen LogP) is 2.94. The van der Waals surface area contributed by atoms with E-state index in [-0.39, 0.29) is 29.3 Å². The summed E-state index contributed by atoms with van der Waals surface area (Å²) < 4.78 is 0. The third-order valence-corrected chi connectivity index (χ3v) is 6.02. The number of likely N-dealkylation sites (N-methyl/N-ethyl adjacent to an activating group) is 1. The number of carbonyl (C=O) groups excluding carboxylic acids is 3. The molecule has 1 atom stereocenters. The molecule has 2 heterocycles. The summed E-state index contributed by atoms with van der Waals surface area (Å²) >= 11 is 1.36. The summed E-state index contributed by atoms with van der Waals surface area (Å²) in [5.74, 6) is -0.249. The summed E-state index contributed by atoms with van der Waals surface area (Å²) in [4.78, 5) is 42.4. The first-order valence-electron chi connectivity index (χ1n) is 10.4. The van der Waals surface area contributed by atoms with Crippen molar-refractivity contribution in [2.75, 3.05) is 26.2 Å². The van der Waals surface area contributed by atoms with Crippen LogP contribution in [0.3, 0.4) is 0 Å². The van der Waals surface area contributed by atoms with E-state index < -0.39 is 6.04 Å². The van der Waals surface area contributed by atoms with Gasteiger partial charge in [0, 0.05) is 31.7 Å². The molecule has 1 fully saturated rings. The van der Waals surface area contributed by atoms with Crippen LogP contribution in [0.1, 0.15) is 57.1 Å². The van der Waals surface area contributed by atoms with Gasteiger partial charge in [-0.3, -0.25) is 9.59 Å². The average molecular weight is 423 g/mol. The number of amides is 4. The summed E-state index contributed by atoms with van der Waals surface area (Å²) in [5.41, 5.74) is -0.288. The molecular weight excluding hydrogens is 388 g/mol. The predicted molar refractivity (Wildman–Crippen MR) is 116 cm³/mol. The second kappa shape index (κ2) is 10.1. The van der Waals surface area contributed by atoms with Gasteiger partial charge in [0.15, 0.2) is 0 Å². The molecule has 0 aliphatic carbocycles. The minimum Gasteiger partial charge on any atom is -0.341 e. The summed E-state index contributed by atoms with van der Waals surface area (Å²) in [5, 5.41) is 7.82. The van der Waals surface area contributed by atoms with Crippen molar-refractivity contribution in [2.24, 2.45) is 5.92 Å². The van der Waals surface area contributed by atoms with E-state index in [4.69, 9.17) is 0 Å². The Balaban J connectivity index is 2.08. The van der Waals surface area contributed by atoms with Gasteiger partial charge >= 0.3 is 6.03 Å². The van der Waals surface area contributed by atoms with E-state index in [9.17, 15) is 14.4 Å². The SMILES string of the molecule is CCN(CC)C(=O)[C@@H](NC(=O)c1cccs1)C1CCN(C(=O)NC(C)(C)C)CC1. The van der Waals surface area contributed by atoms with Crippen LogP contribution in [-0.4, -0.2) is 65.4 Å². The Morgan fingerprint density at radius 3 is 2.31 bits per heavy atom. The highest BCUT2D eigenvalue weighted by Crippen LogP contribution is 2.23. The van der Waals surface area contributed by atoms with E-state index in [0.717, 1.165) is 0 Å². The van der Waals surface area contributed by atoms with Crippen LogP contribution >= 0.6 is 11.3 Å². The first-order chi connectivity index (χ1) is 13.7. The molecule has 1 aromatic heterocycles. The lowest BCUT2D eigenvalue weighted by atomic mass is 9.88. The number of rotatable bonds is 6. The van der Waals surface area contributed by atoms with Crippen LogP contribution in [0.4, 0.5) is 4.79 Å². The van der Waals surface area contributed by atoms with Crippen molar-refractivity contribution >= 4 is 29.2 Å². The Morgan fingerprint density at radius 2 is 1.83 bits per heavy atom. The topological polar surface area (TPSA) is 81.8 Å². The van der Waals surface area contributed by atoms with Gasteiger partial charge in [0.2, 0.25) is 5.91 Å². The van der Waals surface area contributed by atoms with Crippen molar-refractivity contribution in [2.45, 2.75) is 59.0 Å². The summed E-state index contributed by atoms with van der Waals surface area (Å²) in [6.45, 7) is 12.1. The van der Waals surface area contributed by atoms with Gasteiger partial charge < -0.3 is 20.4 Å². The van der Waals surface area contributed by atoms with Crippen LogP contribution in [0.5, 0.6) is 0 Å². The lowest BCUT2D eigenvalue weighted by molar-refractivity contribution is -0.134. The van der Waals surface area contributed by atoms with Crippen molar-refractivity contribution in [3.63, 3.8) is 0 Å². The number of hydrogen-bond acceptors (Lipinski definition) is 4. The van der Waals surface area contributed by atoms with Crippen LogP contribution in [0.25, 0.3) is 0 Å². The van der Waals surface area contributed by atoms with E-state index in [1.807, 2.05) is 46.1 Å². The second-order valence-electron chi connectivity index (χ2n) is 8.44. The standard InChI is InChI=1S/C21H34N4O3S/c1-6-24(7-2)19(27)17(22-18(26)16-9-8-14-29-16)15-10-12-25(13-11-15)20(28)23-21(3,4)5/h8-9,14-15,17H,6-7,10-13H2,1-5H3,(H,22,26)(H,23,28)/t17-/m0/s1. The number of piperidine rings is 1. The minimum atomic E-state index is -0.572. The van der Waals surface area contributed by atoms with Crippen molar-refractivity contribution in [3.8, 4) is 0 Å². The summed E-state index contributed by atoms with van der Waals surface area (Å²) in [7, 11) is 0. The molecule has 0 spiro atoms. The molecule has 7 nitrogen and oxygen atoms in total. The Kier molecular flexibility index (Phi) is 8.07. The molecule has 0 radical (unpaired) electrons. The molecule has 1 aromatic rings. The van der Waals surface area contributed by atoms with Gasteiger partial charge in [0.25, 0.3) is 5.91 Å². The monoisotopic (exact) mass is 422 g/mol. The molecule has 1 aliphatic heterocycles. The van der Waals surface area contributed by atoms with E-state index in [1.165, 1.54) is 11.3 Å². The summed E-state index contributed by atoms with van der Waals surface area (Å²) in [6, 6.07) is 2.94. The van der Waals surface area contributed by atoms with Crippen molar-refractivity contribution in [3.05, 3.63) is 22.4 Å². The maximum atomic E-state index is 13.1. The Bertz CT molecular complexity index is 687. The Hall–Kier alpha value is -2.09. The Morgan fingerprint density at radius 1 is 1.21 bits per heavy atom. The molecule has 0 saturated carbocycles. The summed E-state index contributed by atoms with van der Waals surface area (Å²) in [6.07, 6.45) is 1.36. The smallest absolute Gasteiger partial charge is 0.317 e. The van der Waals surface area contributed by atoms with Crippen LogP contribution in [-0.2, 0) is 4.79 Å². The maximum Gasteiger partial charge on any atom is 0.317 e. The first-order valence-corrected chi connectivity index (χ1v) is 11.2. The molecule has 0 aromatic carbocycles. The van der Waals surface area contributed by atoms with Crippen molar-refractivity contribution in [1.82, 2.24) is 20.4 Å². The number of nitrogens with zero attached hydrogens (tertiary/aromatic N) is 2. The number of carbonyl (C=O) groups is 3. The second-order valence-corrected chi connectivity index (χ2v) is 9.39. The third kappa shape index (κ3) is 6.45. The Labute approximate surface area is 177 Å². The number of likely N-dealkylation sites (tertiary alicyclic amines) is 1. The average Bonchev–Trinajstić information content (AvgIpc) is 3.20. The molecule has 0 bridgehead atoms. The van der Waals surface area contributed by atoms with Gasteiger partial charge in [-0.1, -0.05) is 6.07 Å². The van der Waals surface area contributed by atoms with E-state index >= 15 is 0 Å². The molecule has 2 rings (SSSR count). The fraction of sp³-hybridized carbons (Fsp3) is 0.667. The van der Waals surface area contributed by atoms with E-state index in [1.54, 1.807) is 15.9 Å². The normalized spacial score (nSPS) is 16.2. The zero-order chi connectivity index (χ0) is 21.6. The van der Waals surface area contributed by atoms with Gasteiger partial charge in [-0.25, -0.2) is 4.79 Å². The lowest BCUT2D eigenvalue weighted by Crippen LogP contribution is -2.56. The minimum absolute atomic E-state index is 0.00528. The zero-order valence-electron chi connectivity index (χ0n) is 18.2. The molecule has 1 saturated heterocycles. The molecule has 8 heteroatoms.